The fourth-order valence-electron chi connectivity index (χ4n) is 2.20. The number of phenolic OH excluding ortho intramolecular Hbond substituents is 1. The Hall–Kier alpha value is -2.66. The lowest BCUT2D eigenvalue weighted by atomic mass is 10.2. The summed E-state index contributed by atoms with van der Waals surface area (Å²) >= 11 is 0. The summed E-state index contributed by atoms with van der Waals surface area (Å²) in [6.45, 7) is -0.0956. The number of hydrogen-bond donors (Lipinski definition) is 2. The predicted molar refractivity (Wildman–Crippen MR) is 82.0 cm³/mol. The molecule has 5 nitrogen and oxygen atoms in total. The average molecular weight is 281 g/mol. The zero-order valence-corrected chi connectivity index (χ0v) is 11.6. The highest BCUT2D eigenvalue weighted by atomic mass is 16.3. The van der Waals surface area contributed by atoms with E-state index < -0.39 is 0 Å². The van der Waals surface area contributed by atoms with E-state index >= 15 is 0 Å². The van der Waals surface area contributed by atoms with Crippen molar-refractivity contribution >= 4 is 22.9 Å². The summed E-state index contributed by atoms with van der Waals surface area (Å²) in [4.78, 5) is 8.71. The number of aromatic hydroxyl groups is 1. The van der Waals surface area contributed by atoms with E-state index in [1.165, 1.54) is 0 Å². The molecule has 2 N–H and O–H groups in total. The summed E-state index contributed by atoms with van der Waals surface area (Å²) in [5.74, 6) is 0.814. The third-order valence-corrected chi connectivity index (χ3v) is 3.39. The van der Waals surface area contributed by atoms with Crippen LogP contribution in [-0.4, -0.2) is 26.0 Å². The first-order valence-electron chi connectivity index (χ1n) is 6.57. The van der Waals surface area contributed by atoms with Crippen LogP contribution in [0.4, 0.5) is 5.69 Å². The second-order valence-electron chi connectivity index (χ2n) is 4.74. The molecule has 21 heavy (non-hydrogen) atoms. The van der Waals surface area contributed by atoms with E-state index in [0.717, 1.165) is 16.7 Å². The summed E-state index contributed by atoms with van der Waals surface area (Å²) in [7, 11) is 1.87. The van der Waals surface area contributed by atoms with E-state index in [2.05, 4.69) is 9.98 Å². The maximum atomic E-state index is 9.70. The Morgan fingerprint density at radius 2 is 2.05 bits per heavy atom. The van der Waals surface area contributed by atoms with Crippen LogP contribution in [0.25, 0.3) is 11.0 Å². The van der Waals surface area contributed by atoms with E-state index in [0.29, 0.717) is 11.4 Å². The normalized spacial score (nSPS) is 11.5. The Balaban J connectivity index is 1.96. The topological polar surface area (TPSA) is 70.6 Å². The van der Waals surface area contributed by atoms with Crippen LogP contribution in [0.5, 0.6) is 5.75 Å². The Labute approximate surface area is 121 Å². The molecule has 0 radical (unpaired) electrons. The van der Waals surface area contributed by atoms with Crippen molar-refractivity contribution < 1.29 is 10.2 Å². The molecule has 0 atom stereocenters. The first-order valence-corrected chi connectivity index (χ1v) is 6.57. The first-order chi connectivity index (χ1) is 10.2. The van der Waals surface area contributed by atoms with Crippen molar-refractivity contribution in [2.75, 3.05) is 0 Å². The zero-order chi connectivity index (χ0) is 14.8. The lowest BCUT2D eigenvalue weighted by Crippen LogP contribution is -1.96. The number of aliphatic hydroxyl groups excluding tert-OH is 1. The highest BCUT2D eigenvalue weighted by Crippen LogP contribution is 2.22. The van der Waals surface area contributed by atoms with Gasteiger partial charge >= 0.3 is 0 Å². The summed E-state index contributed by atoms with van der Waals surface area (Å²) in [6, 6.07) is 12.7. The van der Waals surface area contributed by atoms with Gasteiger partial charge in [0.15, 0.2) is 0 Å². The van der Waals surface area contributed by atoms with Crippen molar-refractivity contribution in [3.05, 3.63) is 53.9 Å². The Kier molecular flexibility index (Phi) is 3.41. The maximum absolute atomic E-state index is 9.70. The number of aromatic nitrogens is 2. The van der Waals surface area contributed by atoms with Crippen LogP contribution < -0.4 is 0 Å². The van der Waals surface area contributed by atoms with Gasteiger partial charge in [0.25, 0.3) is 0 Å². The Morgan fingerprint density at radius 3 is 2.81 bits per heavy atom. The number of rotatable bonds is 3. The third-order valence-electron chi connectivity index (χ3n) is 3.39. The molecule has 0 saturated heterocycles. The number of aliphatic hydroxyl groups is 1. The van der Waals surface area contributed by atoms with Crippen LogP contribution in [0, 0.1) is 0 Å². The SMILES string of the molecule is Cn1c(CO)nc2cc(N=Cc3ccccc3O)ccc21. The number of imidazole rings is 1. The Bertz CT molecular complexity index is 822. The van der Waals surface area contributed by atoms with Crippen molar-refractivity contribution in [1.29, 1.82) is 0 Å². The summed E-state index contributed by atoms with van der Waals surface area (Å²) in [5.41, 5.74) is 3.14. The highest BCUT2D eigenvalue weighted by Gasteiger charge is 2.06. The second kappa shape index (κ2) is 5.38. The molecule has 1 aromatic heterocycles. The average Bonchev–Trinajstić information content (AvgIpc) is 2.82. The van der Waals surface area contributed by atoms with Crippen molar-refractivity contribution in [3.8, 4) is 5.75 Å². The van der Waals surface area contributed by atoms with E-state index in [-0.39, 0.29) is 12.4 Å². The standard InChI is InChI=1S/C16H15N3O2/c1-19-14-7-6-12(8-13(14)18-16(19)10-20)17-9-11-4-2-3-5-15(11)21/h2-9,20-21H,10H2,1H3. The molecule has 106 valence electrons. The number of fused-ring (bicyclic) bond motifs is 1. The fourth-order valence-corrected chi connectivity index (χ4v) is 2.20. The summed E-state index contributed by atoms with van der Waals surface area (Å²) in [6.07, 6.45) is 1.62. The highest BCUT2D eigenvalue weighted by molar-refractivity contribution is 5.87. The monoisotopic (exact) mass is 281 g/mol. The van der Waals surface area contributed by atoms with Crippen molar-refractivity contribution in [2.24, 2.45) is 12.0 Å². The predicted octanol–water partition coefficient (Wildman–Crippen LogP) is 2.52. The quantitative estimate of drug-likeness (QED) is 0.725. The van der Waals surface area contributed by atoms with E-state index in [9.17, 15) is 10.2 Å². The van der Waals surface area contributed by atoms with Crippen LogP contribution in [0.3, 0.4) is 0 Å². The molecule has 0 fully saturated rings. The molecular formula is C16H15N3O2. The Morgan fingerprint density at radius 1 is 1.24 bits per heavy atom. The molecule has 0 unspecified atom stereocenters. The van der Waals surface area contributed by atoms with E-state index in [4.69, 9.17) is 0 Å². The number of benzene rings is 2. The summed E-state index contributed by atoms with van der Waals surface area (Å²) in [5, 5.41) is 18.9. The number of para-hydroxylation sites is 1. The van der Waals surface area contributed by atoms with Gasteiger partial charge in [0.1, 0.15) is 18.2 Å². The van der Waals surface area contributed by atoms with Gasteiger partial charge in [0.05, 0.1) is 16.7 Å². The number of phenols is 1. The van der Waals surface area contributed by atoms with Gasteiger partial charge < -0.3 is 14.8 Å². The second-order valence-corrected chi connectivity index (χ2v) is 4.74. The molecule has 2 aromatic carbocycles. The fraction of sp³-hybridized carbons (Fsp3) is 0.125. The minimum atomic E-state index is -0.0956. The summed E-state index contributed by atoms with van der Waals surface area (Å²) < 4.78 is 1.85. The third kappa shape index (κ3) is 2.51. The van der Waals surface area contributed by atoms with Gasteiger partial charge in [-0.15, -0.1) is 0 Å². The molecule has 3 rings (SSSR count). The largest absolute Gasteiger partial charge is 0.507 e. The van der Waals surface area contributed by atoms with E-state index in [1.807, 2.05) is 35.9 Å². The first kappa shape index (κ1) is 13.3. The zero-order valence-electron chi connectivity index (χ0n) is 11.6. The van der Waals surface area contributed by atoms with Gasteiger partial charge in [-0.3, -0.25) is 4.99 Å². The number of nitrogens with zero attached hydrogens (tertiary/aromatic N) is 3. The van der Waals surface area contributed by atoms with Crippen LogP contribution in [0.15, 0.2) is 47.5 Å². The maximum Gasteiger partial charge on any atom is 0.135 e. The molecule has 3 aromatic rings. The smallest absolute Gasteiger partial charge is 0.135 e. The molecule has 0 aliphatic carbocycles. The molecule has 5 heteroatoms. The van der Waals surface area contributed by atoms with Gasteiger partial charge in [-0.2, -0.15) is 0 Å². The molecule has 0 saturated carbocycles. The minimum Gasteiger partial charge on any atom is -0.507 e. The van der Waals surface area contributed by atoms with Gasteiger partial charge in [-0.05, 0) is 30.3 Å². The molecular weight excluding hydrogens is 266 g/mol. The lowest BCUT2D eigenvalue weighted by molar-refractivity contribution is 0.268. The lowest BCUT2D eigenvalue weighted by Gasteiger charge is -1.99. The van der Waals surface area contributed by atoms with Gasteiger partial charge in [0.2, 0.25) is 0 Å². The molecule has 0 amide bonds. The molecule has 1 heterocycles. The molecule has 0 aliphatic heterocycles. The van der Waals surface area contributed by atoms with Gasteiger partial charge in [-0.1, -0.05) is 12.1 Å². The van der Waals surface area contributed by atoms with Crippen LogP contribution in [0.2, 0.25) is 0 Å². The van der Waals surface area contributed by atoms with Crippen molar-refractivity contribution in [3.63, 3.8) is 0 Å². The van der Waals surface area contributed by atoms with Crippen LogP contribution >= 0.6 is 0 Å². The van der Waals surface area contributed by atoms with Gasteiger partial charge in [0, 0.05) is 18.8 Å². The number of aliphatic imine (C=N–C) groups is 1. The van der Waals surface area contributed by atoms with Gasteiger partial charge in [-0.25, -0.2) is 4.98 Å². The van der Waals surface area contributed by atoms with Crippen LogP contribution in [0.1, 0.15) is 11.4 Å². The molecule has 0 bridgehead atoms. The molecule has 0 aliphatic rings. The molecule has 0 spiro atoms. The van der Waals surface area contributed by atoms with Crippen LogP contribution in [-0.2, 0) is 13.7 Å². The number of aryl methyl sites for hydroxylation is 1. The van der Waals surface area contributed by atoms with Crippen molar-refractivity contribution in [2.45, 2.75) is 6.61 Å². The minimum absolute atomic E-state index is 0.0956. The van der Waals surface area contributed by atoms with E-state index in [1.54, 1.807) is 24.4 Å². The van der Waals surface area contributed by atoms with Crippen molar-refractivity contribution in [1.82, 2.24) is 9.55 Å². The number of hydrogen-bond acceptors (Lipinski definition) is 4.